The summed E-state index contributed by atoms with van der Waals surface area (Å²) in [7, 11) is 0. The Morgan fingerprint density at radius 2 is 2.67 bits per heavy atom. The van der Waals surface area contributed by atoms with Crippen LogP contribution in [-0.4, -0.2) is 10.4 Å². The van der Waals surface area contributed by atoms with Crippen LogP contribution in [0.3, 0.4) is 0 Å². The molecule has 0 spiro atoms. The van der Waals surface area contributed by atoms with Crippen molar-refractivity contribution in [2.45, 2.75) is 16.7 Å². The molecule has 0 saturated heterocycles. The molecule has 0 radical (unpaired) electrons. The molecule has 0 aliphatic carbocycles. The predicted molar refractivity (Wildman–Crippen MR) is 38.3 cm³/mol. The third kappa shape index (κ3) is 0.767. The number of hydrogen-bond donors (Lipinski definition) is 2. The first-order valence-corrected chi connectivity index (χ1v) is 3.83. The lowest BCUT2D eigenvalue weighted by molar-refractivity contribution is 0.891. The Hall–Kier alpha value is -0.410. The molecule has 9 heavy (non-hydrogen) atoms. The number of rotatable bonds is 0. The van der Waals surface area contributed by atoms with Crippen LogP contribution in [0.1, 0.15) is 5.69 Å². The van der Waals surface area contributed by atoms with Crippen molar-refractivity contribution in [3.05, 3.63) is 18.0 Å². The average molecular weight is 140 g/mol. The number of hydrogen-bond acceptors (Lipinski definition) is 2. The molecule has 3 heteroatoms. The maximum atomic E-state index is 5.67. The van der Waals surface area contributed by atoms with Crippen molar-refractivity contribution >= 4 is 11.8 Å². The molecule has 1 unspecified atom stereocenters. The first-order valence-electron chi connectivity index (χ1n) is 2.95. The third-order valence-corrected chi connectivity index (χ3v) is 2.58. The van der Waals surface area contributed by atoms with Gasteiger partial charge in [0.2, 0.25) is 0 Å². The van der Waals surface area contributed by atoms with Gasteiger partial charge in [0.05, 0.1) is 5.37 Å². The fourth-order valence-electron chi connectivity index (χ4n) is 1.07. The average Bonchev–Trinajstić information content (AvgIpc) is 2.22. The quantitative estimate of drug-likeness (QED) is 0.563. The first-order chi connectivity index (χ1) is 4.36. The van der Waals surface area contributed by atoms with Gasteiger partial charge in [0, 0.05) is 23.2 Å². The minimum Gasteiger partial charge on any atom is -0.364 e. The van der Waals surface area contributed by atoms with E-state index in [9.17, 15) is 0 Å². The maximum absolute atomic E-state index is 5.67. The Labute approximate surface area is 57.8 Å². The summed E-state index contributed by atoms with van der Waals surface area (Å²) in [6.07, 6.45) is 2.95. The molecule has 1 atom stereocenters. The van der Waals surface area contributed by atoms with Crippen molar-refractivity contribution in [2.75, 3.05) is 0 Å². The third-order valence-electron chi connectivity index (χ3n) is 1.47. The van der Waals surface area contributed by atoms with E-state index in [0.717, 1.165) is 6.42 Å². The second-order valence-electron chi connectivity index (χ2n) is 2.18. The number of H-pyrrole nitrogens is 1. The molecule has 0 saturated carbocycles. The van der Waals surface area contributed by atoms with Gasteiger partial charge in [-0.1, -0.05) is 0 Å². The largest absolute Gasteiger partial charge is 0.364 e. The summed E-state index contributed by atoms with van der Waals surface area (Å²) in [6, 6.07) is 2.08. The molecule has 0 amide bonds. The Morgan fingerprint density at radius 3 is 3.44 bits per heavy atom. The molecule has 0 fully saturated rings. The van der Waals surface area contributed by atoms with E-state index in [1.165, 1.54) is 10.6 Å². The van der Waals surface area contributed by atoms with E-state index in [-0.39, 0.29) is 5.37 Å². The zero-order valence-corrected chi connectivity index (χ0v) is 5.74. The van der Waals surface area contributed by atoms with Gasteiger partial charge in [0.25, 0.3) is 0 Å². The summed E-state index contributed by atoms with van der Waals surface area (Å²) in [5, 5.41) is 0.285. The minimum absolute atomic E-state index is 0.285. The van der Waals surface area contributed by atoms with Crippen LogP contribution in [0.5, 0.6) is 0 Å². The molecule has 0 aromatic carbocycles. The van der Waals surface area contributed by atoms with E-state index in [4.69, 9.17) is 5.73 Å². The van der Waals surface area contributed by atoms with E-state index < -0.39 is 0 Å². The highest BCUT2D eigenvalue weighted by atomic mass is 32.2. The number of nitrogens with two attached hydrogens (primary N) is 1. The molecule has 2 rings (SSSR count). The summed E-state index contributed by atoms with van der Waals surface area (Å²) >= 11 is 1.74. The number of aromatic amines is 1. The Morgan fingerprint density at radius 1 is 1.78 bits per heavy atom. The maximum Gasteiger partial charge on any atom is 0.0610 e. The van der Waals surface area contributed by atoms with Crippen molar-refractivity contribution in [3.63, 3.8) is 0 Å². The van der Waals surface area contributed by atoms with Gasteiger partial charge in [-0.25, -0.2) is 0 Å². The van der Waals surface area contributed by atoms with Crippen LogP contribution in [0.15, 0.2) is 17.2 Å². The fraction of sp³-hybridized carbons (Fsp3) is 0.333. The second kappa shape index (κ2) is 1.78. The molecule has 0 bridgehead atoms. The zero-order chi connectivity index (χ0) is 6.27. The normalized spacial score (nSPS) is 24.3. The smallest absolute Gasteiger partial charge is 0.0610 e. The van der Waals surface area contributed by atoms with Crippen molar-refractivity contribution < 1.29 is 0 Å². The molecule has 3 N–H and O–H groups in total. The van der Waals surface area contributed by atoms with Gasteiger partial charge in [0.1, 0.15) is 0 Å². The van der Waals surface area contributed by atoms with E-state index in [1.807, 2.05) is 6.20 Å². The van der Waals surface area contributed by atoms with Crippen LogP contribution in [0, 0.1) is 0 Å². The lowest BCUT2D eigenvalue weighted by atomic mass is 10.3. The summed E-state index contributed by atoms with van der Waals surface area (Å²) in [4.78, 5) is 4.47. The van der Waals surface area contributed by atoms with E-state index in [2.05, 4.69) is 11.1 Å². The Bertz CT molecular complexity index is 198. The van der Waals surface area contributed by atoms with Gasteiger partial charge >= 0.3 is 0 Å². The van der Waals surface area contributed by atoms with Crippen molar-refractivity contribution in [3.8, 4) is 0 Å². The van der Waals surface area contributed by atoms with Crippen LogP contribution in [0.2, 0.25) is 0 Å². The fourth-order valence-corrected chi connectivity index (χ4v) is 2.07. The highest BCUT2D eigenvalue weighted by Crippen LogP contribution is 2.33. The molecule has 2 nitrogen and oxygen atoms in total. The standard InChI is InChI=1S/C6H8N2S/c7-6-3-4-5(9-6)1-2-8-4/h1-2,6,8H,3,7H2. The minimum atomic E-state index is 0.285. The summed E-state index contributed by atoms with van der Waals surface area (Å²) in [5.41, 5.74) is 6.97. The first kappa shape index (κ1) is 5.38. The zero-order valence-electron chi connectivity index (χ0n) is 4.92. The number of fused-ring (bicyclic) bond motifs is 1. The summed E-state index contributed by atoms with van der Waals surface area (Å²) in [6.45, 7) is 0. The molecule has 1 aromatic heterocycles. The second-order valence-corrected chi connectivity index (χ2v) is 3.46. The van der Waals surface area contributed by atoms with Crippen LogP contribution in [0.4, 0.5) is 0 Å². The van der Waals surface area contributed by atoms with E-state index in [0.29, 0.717) is 0 Å². The van der Waals surface area contributed by atoms with Crippen molar-refractivity contribution in [1.29, 1.82) is 0 Å². The number of aromatic nitrogens is 1. The molecule has 2 heterocycles. The van der Waals surface area contributed by atoms with Crippen molar-refractivity contribution in [1.82, 2.24) is 4.98 Å². The molecule has 48 valence electrons. The van der Waals surface area contributed by atoms with E-state index >= 15 is 0 Å². The molecule has 1 aromatic rings. The SMILES string of the molecule is NC1Cc2[nH]ccc2S1. The van der Waals surface area contributed by atoms with Gasteiger partial charge in [-0.15, -0.1) is 11.8 Å². The molecular weight excluding hydrogens is 132 g/mol. The Balaban J connectivity index is 2.39. The molecule has 1 aliphatic heterocycles. The van der Waals surface area contributed by atoms with Gasteiger partial charge in [-0.3, -0.25) is 0 Å². The van der Waals surface area contributed by atoms with Crippen molar-refractivity contribution in [2.24, 2.45) is 5.73 Å². The Kier molecular flexibility index (Phi) is 1.07. The molecular formula is C6H8N2S. The number of nitrogens with one attached hydrogen (secondary N) is 1. The highest BCUT2D eigenvalue weighted by Gasteiger charge is 2.18. The monoisotopic (exact) mass is 140 g/mol. The number of thioether (sulfide) groups is 1. The van der Waals surface area contributed by atoms with Crippen LogP contribution in [-0.2, 0) is 6.42 Å². The van der Waals surface area contributed by atoms with Gasteiger partial charge in [0.15, 0.2) is 0 Å². The summed E-state index contributed by atoms with van der Waals surface area (Å²) < 4.78 is 0. The predicted octanol–water partition coefficient (Wildman–Crippen LogP) is 0.948. The topological polar surface area (TPSA) is 41.8 Å². The summed E-state index contributed by atoms with van der Waals surface area (Å²) in [5.74, 6) is 0. The lowest BCUT2D eigenvalue weighted by Crippen LogP contribution is -2.13. The van der Waals surface area contributed by atoms with E-state index in [1.54, 1.807) is 11.8 Å². The van der Waals surface area contributed by atoms with Gasteiger partial charge in [-0.05, 0) is 6.07 Å². The molecule has 1 aliphatic rings. The van der Waals surface area contributed by atoms with Crippen LogP contribution >= 0.6 is 11.8 Å². The highest BCUT2D eigenvalue weighted by molar-refractivity contribution is 8.00. The lowest BCUT2D eigenvalue weighted by Gasteiger charge is -1.95. The van der Waals surface area contributed by atoms with Crippen LogP contribution < -0.4 is 5.73 Å². The van der Waals surface area contributed by atoms with Gasteiger partial charge in [-0.2, -0.15) is 0 Å². The van der Waals surface area contributed by atoms with Crippen LogP contribution in [0.25, 0.3) is 0 Å². The van der Waals surface area contributed by atoms with Gasteiger partial charge < -0.3 is 10.7 Å².